The highest BCUT2D eigenvalue weighted by Gasteiger charge is 2.21. The van der Waals surface area contributed by atoms with E-state index in [2.05, 4.69) is 43.0 Å². The molecule has 1 aromatic rings. The van der Waals surface area contributed by atoms with Crippen molar-refractivity contribution in [2.45, 2.75) is 45.4 Å². The smallest absolute Gasteiger partial charge is 0.222 e. The van der Waals surface area contributed by atoms with Gasteiger partial charge in [-0.2, -0.15) is 0 Å². The van der Waals surface area contributed by atoms with E-state index in [0.717, 1.165) is 48.5 Å². The predicted octanol–water partition coefficient (Wildman–Crippen LogP) is 4.21. The minimum absolute atomic E-state index is 0.737. The number of rotatable bonds is 11. The van der Waals surface area contributed by atoms with E-state index in [-0.39, 0.29) is 0 Å². The van der Waals surface area contributed by atoms with Crippen molar-refractivity contribution in [2.24, 2.45) is 11.8 Å². The van der Waals surface area contributed by atoms with Gasteiger partial charge in [-0.05, 0) is 66.5 Å². The largest absolute Gasteiger partial charge is 0.383 e. The molecule has 0 unspecified atom stereocenters. The van der Waals surface area contributed by atoms with Gasteiger partial charge in [0.05, 0.1) is 11.1 Å². The van der Waals surface area contributed by atoms with Gasteiger partial charge >= 0.3 is 0 Å². The van der Waals surface area contributed by atoms with Gasteiger partial charge in [-0.25, -0.2) is 9.97 Å². The Morgan fingerprint density at radius 1 is 1.16 bits per heavy atom. The Bertz CT molecular complexity index is 463. The number of nitrogens with one attached hydrogen (secondary N) is 1. The van der Waals surface area contributed by atoms with Gasteiger partial charge in [0.2, 0.25) is 5.95 Å². The topological polar surface area (TPSA) is 50.3 Å². The third kappa shape index (κ3) is 8.01. The van der Waals surface area contributed by atoms with Crippen LogP contribution in [0.5, 0.6) is 0 Å². The summed E-state index contributed by atoms with van der Waals surface area (Å²) in [7, 11) is 1.78. The first-order valence-corrected chi connectivity index (χ1v) is 10.4. The van der Waals surface area contributed by atoms with Crippen LogP contribution in [0.3, 0.4) is 0 Å². The maximum absolute atomic E-state index is 5.18. The van der Waals surface area contributed by atoms with E-state index in [4.69, 9.17) is 4.74 Å². The molecule has 0 amide bonds. The zero-order valence-electron chi connectivity index (χ0n) is 15.7. The molecule has 1 aliphatic carbocycles. The van der Waals surface area contributed by atoms with Crippen LogP contribution in [-0.2, 0) is 4.74 Å². The molecule has 1 fully saturated rings. The van der Waals surface area contributed by atoms with E-state index < -0.39 is 0 Å². The first-order chi connectivity index (χ1) is 12.2. The van der Waals surface area contributed by atoms with Gasteiger partial charge in [-0.15, -0.1) is 0 Å². The van der Waals surface area contributed by atoms with Gasteiger partial charge < -0.3 is 15.0 Å². The molecule has 0 aliphatic heterocycles. The standard InChI is InChI=1S/C19H33BrN4O/c1-3-24(11-12-25-2)10-4-5-16-6-8-17(9-7-16)13-21-19-22-14-18(20)15-23-19/h14-17H,3-13H2,1-2H3,(H,21,22,23)/t16-,17-. The highest BCUT2D eigenvalue weighted by Crippen LogP contribution is 2.31. The molecule has 5 nitrogen and oxygen atoms in total. The fourth-order valence-corrected chi connectivity index (χ4v) is 3.82. The Kier molecular flexibility index (Phi) is 9.73. The van der Waals surface area contributed by atoms with Crippen molar-refractivity contribution in [1.29, 1.82) is 0 Å². The third-order valence-corrected chi connectivity index (χ3v) is 5.69. The molecular formula is C19H33BrN4O. The van der Waals surface area contributed by atoms with Crippen LogP contribution in [0.25, 0.3) is 0 Å². The fourth-order valence-electron chi connectivity index (χ4n) is 3.62. The summed E-state index contributed by atoms with van der Waals surface area (Å²) >= 11 is 3.36. The second-order valence-corrected chi connectivity index (χ2v) is 7.98. The van der Waals surface area contributed by atoms with Crippen molar-refractivity contribution < 1.29 is 4.74 Å². The molecule has 2 rings (SSSR count). The van der Waals surface area contributed by atoms with Crippen LogP contribution in [0.4, 0.5) is 5.95 Å². The van der Waals surface area contributed by atoms with Gasteiger partial charge in [-0.3, -0.25) is 0 Å². The Labute approximate surface area is 161 Å². The highest BCUT2D eigenvalue weighted by molar-refractivity contribution is 9.10. The van der Waals surface area contributed by atoms with Crippen LogP contribution >= 0.6 is 15.9 Å². The number of aromatic nitrogens is 2. The molecule has 1 aromatic heterocycles. The number of hydrogen-bond donors (Lipinski definition) is 1. The molecule has 0 saturated heterocycles. The van der Waals surface area contributed by atoms with Crippen LogP contribution in [0.15, 0.2) is 16.9 Å². The van der Waals surface area contributed by atoms with Crippen LogP contribution in [0.1, 0.15) is 45.4 Å². The number of anilines is 1. The van der Waals surface area contributed by atoms with Crippen molar-refractivity contribution >= 4 is 21.9 Å². The number of halogens is 1. The highest BCUT2D eigenvalue weighted by atomic mass is 79.9. The van der Waals surface area contributed by atoms with Crippen molar-refractivity contribution in [3.63, 3.8) is 0 Å². The third-order valence-electron chi connectivity index (χ3n) is 5.28. The molecule has 1 aliphatic rings. The quantitative estimate of drug-likeness (QED) is 0.589. The molecule has 1 saturated carbocycles. The van der Waals surface area contributed by atoms with E-state index in [9.17, 15) is 0 Å². The molecule has 1 heterocycles. The summed E-state index contributed by atoms with van der Waals surface area (Å²) in [6.07, 6.45) is 11.7. The molecule has 0 bridgehead atoms. The van der Waals surface area contributed by atoms with Crippen molar-refractivity contribution in [3.05, 3.63) is 16.9 Å². The van der Waals surface area contributed by atoms with Crippen molar-refractivity contribution in [1.82, 2.24) is 14.9 Å². The summed E-state index contributed by atoms with van der Waals surface area (Å²) in [4.78, 5) is 11.1. The number of ether oxygens (including phenoxy) is 1. The van der Waals surface area contributed by atoms with E-state index in [1.165, 1.54) is 45.1 Å². The summed E-state index contributed by atoms with van der Waals surface area (Å²) in [6.45, 7) is 7.47. The molecular weight excluding hydrogens is 380 g/mol. The molecule has 0 atom stereocenters. The van der Waals surface area contributed by atoms with E-state index >= 15 is 0 Å². The number of hydrogen-bond acceptors (Lipinski definition) is 5. The van der Waals surface area contributed by atoms with Gasteiger partial charge in [0.1, 0.15) is 0 Å². The van der Waals surface area contributed by atoms with Gasteiger partial charge in [-0.1, -0.05) is 19.8 Å². The zero-order chi connectivity index (χ0) is 17.9. The van der Waals surface area contributed by atoms with E-state index in [1.807, 2.05) is 0 Å². The van der Waals surface area contributed by atoms with Crippen molar-refractivity contribution in [3.8, 4) is 0 Å². The predicted molar refractivity (Wildman–Crippen MR) is 107 cm³/mol. The van der Waals surface area contributed by atoms with E-state index in [1.54, 1.807) is 19.5 Å². The Morgan fingerprint density at radius 2 is 1.84 bits per heavy atom. The molecule has 0 aromatic carbocycles. The van der Waals surface area contributed by atoms with E-state index in [0.29, 0.717) is 0 Å². The molecule has 25 heavy (non-hydrogen) atoms. The number of methoxy groups -OCH3 is 1. The summed E-state index contributed by atoms with van der Waals surface area (Å²) in [5.74, 6) is 2.42. The lowest BCUT2D eigenvalue weighted by Crippen LogP contribution is -2.29. The maximum Gasteiger partial charge on any atom is 0.222 e. The van der Waals surface area contributed by atoms with Crippen LogP contribution < -0.4 is 5.32 Å². The molecule has 1 N–H and O–H groups in total. The lowest BCUT2D eigenvalue weighted by molar-refractivity contribution is 0.147. The second-order valence-electron chi connectivity index (χ2n) is 7.06. The van der Waals surface area contributed by atoms with Crippen LogP contribution in [0, 0.1) is 11.8 Å². The SMILES string of the molecule is CCN(CCC[C@H]1CC[C@H](CNc2ncc(Br)cn2)CC1)CCOC. The minimum Gasteiger partial charge on any atom is -0.383 e. The van der Waals surface area contributed by atoms with Crippen LogP contribution in [0.2, 0.25) is 0 Å². The van der Waals surface area contributed by atoms with Crippen molar-refractivity contribution in [2.75, 3.05) is 45.2 Å². The monoisotopic (exact) mass is 412 g/mol. The molecule has 142 valence electrons. The first kappa shape index (κ1) is 20.6. The Hall–Kier alpha value is -0.720. The van der Waals surface area contributed by atoms with Crippen LogP contribution in [-0.4, -0.2) is 54.8 Å². The Balaban J connectivity index is 1.57. The lowest BCUT2D eigenvalue weighted by Gasteiger charge is -2.29. The van der Waals surface area contributed by atoms with Gasteiger partial charge in [0.15, 0.2) is 0 Å². The fraction of sp³-hybridized carbons (Fsp3) is 0.789. The average Bonchev–Trinajstić information content (AvgIpc) is 2.65. The minimum atomic E-state index is 0.737. The number of nitrogens with zero attached hydrogens (tertiary/aromatic N) is 3. The zero-order valence-corrected chi connectivity index (χ0v) is 17.3. The van der Waals surface area contributed by atoms with Gasteiger partial charge in [0.25, 0.3) is 0 Å². The lowest BCUT2D eigenvalue weighted by atomic mass is 9.80. The second kappa shape index (κ2) is 11.8. The molecule has 6 heteroatoms. The van der Waals surface area contributed by atoms with Gasteiger partial charge in [0, 0.05) is 32.6 Å². The Morgan fingerprint density at radius 3 is 2.48 bits per heavy atom. The number of likely N-dealkylation sites (N-methyl/N-ethyl adjacent to an activating group) is 1. The summed E-state index contributed by atoms with van der Waals surface area (Å²) < 4.78 is 6.10. The molecule has 0 spiro atoms. The normalized spacial score (nSPS) is 20.8. The molecule has 0 radical (unpaired) electrons. The summed E-state index contributed by atoms with van der Waals surface area (Å²) in [6, 6.07) is 0. The first-order valence-electron chi connectivity index (χ1n) is 9.64. The maximum atomic E-state index is 5.18. The summed E-state index contributed by atoms with van der Waals surface area (Å²) in [5, 5.41) is 3.38. The average molecular weight is 413 g/mol. The summed E-state index contributed by atoms with van der Waals surface area (Å²) in [5.41, 5.74) is 0.